The van der Waals surface area contributed by atoms with Crippen LogP contribution < -0.4 is 0 Å². The molecule has 3 rings (SSSR count). The number of halogens is 1. The Morgan fingerprint density at radius 3 is 2.33 bits per heavy atom. The number of carbonyl (C=O) groups is 2. The van der Waals surface area contributed by atoms with Crippen LogP contribution in [0.5, 0.6) is 0 Å². The van der Waals surface area contributed by atoms with E-state index in [0.717, 1.165) is 25.2 Å². The molecule has 0 atom stereocenters. The molecule has 9 nitrogen and oxygen atoms in total. The fraction of sp³-hybridized carbons (Fsp3) is 0.423. The normalized spacial score (nSPS) is 18.3. The topological polar surface area (TPSA) is 105 Å². The van der Waals surface area contributed by atoms with E-state index in [0.29, 0.717) is 49.8 Å². The number of carbonyl (C=O) groups excluding carboxylic acids is 2. The quantitative estimate of drug-likeness (QED) is 0.161. The van der Waals surface area contributed by atoms with Crippen molar-refractivity contribution in [2.45, 2.75) is 19.8 Å². The maximum Gasteiger partial charge on any atom is 0.334 e. The SMILES string of the molecule is C=C/C=C(\C=C/C)CN1CCN(C(=O)N2CCC(/C(=N/C(=O)N=[N+]=[N-])c3ccc(Cl)cc3)CC2)CC1. The van der Waals surface area contributed by atoms with Crippen molar-refractivity contribution in [3.05, 3.63) is 81.8 Å². The highest BCUT2D eigenvalue weighted by Crippen LogP contribution is 2.25. The number of hydrogen-bond donors (Lipinski definition) is 0. The Labute approximate surface area is 217 Å². The minimum atomic E-state index is -0.876. The first kappa shape index (κ1) is 27.2. The van der Waals surface area contributed by atoms with Crippen molar-refractivity contribution < 1.29 is 9.59 Å². The molecule has 190 valence electrons. The molecule has 0 unspecified atom stereocenters. The van der Waals surface area contributed by atoms with Gasteiger partial charge in [0.15, 0.2) is 0 Å². The Morgan fingerprint density at radius 1 is 1.11 bits per heavy atom. The van der Waals surface area contributed by atoms with E-state index in [1.54, 1.807) is 30.3 Å². The summed E-state index contributed by atoms with van der Waals surface area (Å²) in [5.74, 6) is -0.0356. The second-order valence-electron chi connectivity index (χ2n) is 8.76. The van der Waals surface area contributed by atoms with Gasteiger partial charge in [-0.3, -0.25) is 9.69 Å². The van der Waals surface area contributed by atoms with E-state index in [9.17, 15) is 9.59 Å². The number of piperazine rings is 1. The molecule has 2 aliphatic rings. The van der Waals surface area contributed by atoms with Crippen LogP contribution in [0.25, 0.3) is 10.4 Å². The summed E-state index contributed by atoms with van der Waals surface area (Å²) in [6, 6.07) is 6.24. The van der Waals surface area contributed by atoms with E-state index in [2.05, 4.69) is 32.6 Å². The van der Waals surface area contributed by atoms with Crippen LogP contribution in [0.4, 0.5) is 9.59 Å². The van der Waals surface area contributed by atoms with Gasteiger partial charge in [-0.1, -0.05) is 54.6 Å². The summed E-state index contributed by atoms with van der Waals surface area (Å²) < 4.78 is 0. The highest BCUT2D eigenvalue weighted by atomic mass is 35.5. The first-order chi connectivity index (χ1) is 17.4. The Bertz CT molecular complexity index is 1070. The maximum atomic E-state index is 13.2. The second kappa shape index (κ2) is 13.6. The Hall–Kier alpha value is -3.39. The van der Waals surface area contributed by atoms with Gasteiger partial charge in [-0.15, -0.1) is 0 Å². The predicted molar refractivity (Wildman–Crippen MR) is 143 cm³/mol. The van der Waals surface area contributed by atoms with Crippen LogP contribution in [0, 0.1) is 5.92 Å². The van der Waals surface area contributed by atoms with Gasteiger partial charge in [0.25, 0.3) is 0 Å². The number of nitrogens with zero attached hydrogens (tertiary/aromatic N) is 7. The average molecular weight is 510 g/mol. The van der Waals surface area contributed by atoms with Gasteiger partial charge in [-0.05, 0) is 48.6 Å². The minimum Gasteiger partial charge on any atom is -0.325 e. The molecule has 36 heavy (non-hydrogen) atoms. The molecular weight excluding hydrogens is 478 g/mol. The van der Waals surface area contributed by atoms with Gasteiger partial charge in [-0.2, -0.15) is 0 Å². The minimum absolute atomic E-state index is 0.0356. The Kier molecular flexibility index (Phi) is 10.3. The zero-order valence-corrected chi connectivity index (χ0v) is 21.3. The molecule has 0 spiro atoms. The smallest absolute Gasteiger partial charge is 0.325 e. The molecule has 10 heteroatoms. The van der Waals surface area contributed by atoms with Crippen LogP contribution in [0.1, 0.15) is 25.3 Å². The van der Waals surface area contributed by atoms with Gasteiger partial charge in [0.1, 0.15) is 0 Å². The highest BCUT2D eigenvalue weighted by molar-refractivity contribution is 6.30. The summed E-state index contributed by atoms with van der Waals surface area (Å²) in [6.45, 7) is 10.8. The van der Waals surface area contributed by atoms with Gasteiger partial charge >= 0.3 is 12.1 Å². The van der Waals surface area contributed by atoms with Crippen LogP contribution in [0.15, 0.2) is 70.8 Å². The van der Waals surface area contributed by atoms with Crippen LogP contribution in [-0.2, 0) is 0 Å². The molecule has 2 saturated heterocycles. The van der Waals surface area contributed by atoms with E-state index >= 15 is 0 Å². The fourth-order valence-electron chi connectivity index (χ4n) is 4.60. The molecule has 0 radical (unpaired) electrons. The van der Waals surface area contributed by atoms with Crippen molar-refractivity contribution in [2.75, 3.05) is 45.8 Å². The van der Waals surface area contributed by atoms with Crippen molar-refractivity contribution in [1.29, 1.82) is 0 Å². The van der Waals surface area contributed by atoms with Gasteiger partial charge in [0.05, 0.1) is 5.71 Å². The summed E-state index contributed by atoms with van der Waals surface area (Å²) in [6.07, 6.45) is 9.25. The lowest BCUT2D eigenvalue weighted by Crippen LogP contribution is -2.54. The van der Waals surface area contributed by atoms with Crippen molar-refractivity contribution in [3.8, 4) is 0 Å². The first-order valence-electron chi connectivity index (χ1n) is 12.1. The number of benzene rings is 1. The van der Waals surface area contributed by atoms with Gasteiger partial charge in [-0.25, -0.2) is 9.79 Å². The number of azide groups is 1. The number of piperidine rings is 1. The van der Waals surface area contributed by atoms with Crippen molar-refractivity contribution in [2.24, 2.45) is 16.0 Å². The molecule has 1 aromatic rings. The average Bonchev–Trinajstić information content (AvgIpc) is 2.89. The van der Waals surface area contributed by atoms with Crippen LogP contribution >= 0.6 is 11.6 Å². The lowest BCUT2D eigenvalue weighted by Gasteiger charge is -2.40. The molecule has 0 aliphatic carbocycles. The molecule has 1 aromatic carbocycles. The summed E-state index contributed by atoms with van der Waals surface area (Å²) in [4.78, 5) is 37.9. The molecule has 0 N–H and O–H groups in total. The molecule has 4 amide bonds. The number of hydrogen-bond acceptors (Lipinski definition) is 3. The molecular formula is C26H32ClN7O2. The molecule has 0 aromatic heterocycles. The number of allylic oxidation sites excluding steroid dienone is 3. The summed E-state index contributed by atoms with van der Waals surface area (Å²) in [5.41, 5.74) is 11.1. The van der Waals surface area contributed by atoms with Crippen LogP contribution in [-0.4, -0.2) is 78.3 Å². The largest absolute Gasteiger partial charge is 0.334 e. The van der Waals surface area contributed by atoms with Crippen LogP contribution in [0.2, 0.25) is 5.02 Å². The third-order valence-electron chi connectivity index (χ3n) is 6.40. The standard InChI is InChI=1S/C26H32ClN7O2/c1-3-5-20(6-4-2)19-32-15-17-34(18-16-32)26(36)33-13-11-22(12-14-33)24(29-25(35)30-31-28)21-7-9-23(27)10-8-21/h3-10,22H,1,11-19H2,2H3/b6-4-,20-5+,29-24+. The van der Waals surface area contributed by atoms with Crippen LogP contribution in [0.3, 0.4) is 0 Å². The molecule has 0 bridgehead atoms. The van der Waals surface area contributed by atoms with Gasteiger partial charge in [0.2, 0.25) is 0 Å². The predicted octanol–water partition coefficient (Wildman–Crippen LogP) is 5.70. The third-order valence-corrected chi connectivity index (χ3v) is 6.65. The van der Waals surface area contributed by atoms with E-state index in [4.69, 9.17) is 17.1 Å². The Morgan fingerprint density at radius 2 is 1.75 bits per heavy atom. The Balaban J connectivity index is 1.58. The van der Waals surface area contributed by atoms with Crippen molar-refractivity contribution >= 4 is 29.4 Å². The zero-order valence-electron chi connectivity index (χ0n) is 20.6. The number of amides is 4. The first-order valence-corrected chi connectivity index (χ1v) is 12.5. The lowest BCUT2D eigenvalue weighted by atomic mass is 9.88. The highest BCUT2D eigenvalue weighted by Gasteiger charge is 2.31. The summed E-state index contributed by atoms with van der Waals surface area (Å²) in [5, 5.41) is 3.67. The molecule has 2 aliphatic heterocycles. The summed E-state index contributed by atoms with van der Waals surface area (Å²) in [7, 11) is 0. The van der Waals surface area contributed by atoms with E-state index in [1.165, 1.54) is 5.57 Å². The zero-order chi connectivity index (χ0) is 25.9. The molecule has 2 heterocycles. The second-order valence-corrected chi connectivity index (χ2v) is 9.20. The van der Waals surface area contributed by atoms with E-state index in [1.807, 2.05) is 28.9 Å². The fourth-order valence-corrected chi connectivity index (χ4v) is 4.73. The third kappa shape index (κ3) is 7.55. The maximum absolute atomic E-state index is 13.2. The molecule has 0 saturated carbocycles. The monoisotopic (exact) mass is 509 g/mol. The number of aliphatic imine (C=N–C) groups is 1. The summed E-state index contributed by atoms with van der Waals surface area (Å²) >= 11 is 6.01. The lowest BCUT2D eigenvalue weighted by molar-refractivity contribution is 0.108. The van der Waals surface area contributed by atoms with Crippen molar-refractivity contribution in [1.82, 2.24) is 14.7 Å². The number of urea groups is 2. The van der Waals surface area contributed by atoms with Gasteiger partial charge in [0, 0.05) is 66.8 Å². The van der Waals surface area contributed by atoms with E-state index < -0.39 is 6.03 Å². The van der Waals surface area contributed by atoms with Gasteiger partial charge < -0.3 is 9.80 Å². The molecule has 2 fully saturated rings. The van der Waals surface area contributed by atoms with Crippen molar-refractivity contribution in [3.63, 3.8) is 0 Å². The number of rotatable bonds is 6. The number of likely N-dealkylation sites (tertiary alicyclic amines) is 1. The van der Waals surface area contributed by atoms with E-state index in [-0.39, 0.29) is 11.9 Å².